The molecule has 0 amide bonds. The second-order valence-electron chi connectivity index (χ2n) is 15.6. The minimum Gasteiger partial charge on any atom is -0.477 e. The molecule has 0 radical (unpaired) electrons. The van der Waals surface area contributed by atoms with Crippen molar-refractivity contribution in [3.8, 4) is 17.2 Å². The van der Waals surface area contributed by atoms with Crippen LogP contribution in [-0.4, -0.2) is 11.1 Å². The quantitative estimate of drug-likeness (QED) is 0.0351. The van der Waals surface area contributed by atoms with Gasteiger partial charge in [0.2, 0.25) is 0 Å². The number of carbonyl (C=O) groups is 1. The van der Waals surface area contributed by atoms with Crippen LogP contribution in [0, 0.1) is 11.3 Å². The fourth-order valence-electron chi connectivity index (χ4n) is 8.64. The zero-order chi connectivity index (χ0) is 39.9. The highest BCUT2D eigenvalue weighted by molar-refractivity contribution is 5.97. The van der Waals surface area contributed by atoms with Crippen LogP contribution in [0.1, 0.15) is 132 Å². The summed E-state index contributed by atoms with van der Waals surface area (Å²) in [4.78, 5) is 14.1. The van der Waals surface area contributed by atoms with Gasteiger partial charge in [0.05, 0.1) is 0 Å². The fourth-order valence-corrected chi connectivity index (χ4v) is 8.64. The smallest absolute Gasteiger partial charge is 0.346 e. The van der Waals surface area contributed by atoms with Crippen LogP contribution in [-0.2, 0) is 10.2 Å². The molecule has 0 aromatic heterocycles. The van der Waals surface area contributed by atoms with E-state index in [2.05, 4.69) is 134 Å². The van der Waals surface area contributed by atoms with Gasteiger partial charge in [0, 0.05) is 22.5 Å². The number of rotatable bonds is 21. The monoisotopic (exact) mass is 754 g/mol. The van der Waals surface area contributed by atoms with Gasteiger partial charge in [-0.05, 0) is 94.3 Å². The average Bonchev–Trinajstić information content (AvgIpc) is 3.50. The number of benzene rings is 5. The zero-order valence-electron chi connectivity index (χ0n) is 33.9. The minimum atomic E-state index is -1.19. The molecule has 0 saturated heterocycles. The van der Waals surface area contributed by atoms with Crippen LogP contribution >= 0.6 is 0 Å². The highest BCUT2D eigenvalue weighted by Gasteiger charge is 2.42. The molecule has 0 fully saturated rings. The summed E-state index contributed by atoms with van der Waals surface area (Å²) in [5, 5.41) is 19.3. The normalized spacial score (nSPS) is 13.0. The SMILES string of the molecule is CCCCCCCCC1(CCCCCCCC)c2cc(/C=C(/C#N)C(=O)O)ccc2-c2ccc(/C=C/c3ccc(N(c4ccccc4)c4ccccc4)cc3)cc21. The number of hydrogen-bond acceptors (Lipinski definition) is 3. The first-order valence-corrected chi connectivity index (χ1v) is 21.3. The lowest BCUT2D eigenvalue weighted by molar-refractivity contribution is -0.132. The molecule has 0 bridgehead atoms. The van der Waals surface area contributed by atoms with E-state index in [1.165, 1.54) is 98.1 Å². The van der Waals surface area contributed by atoms with E-state index in [-0.39, 0.29) is 11.0 Å². The lowest BCUT2D eigenvalue weighted by atomic mass is 9.70. The molecular weight excluding hydrogens is 697 g/mol. The Morgan fingerprint density at radius 3 is 1.53 bits per heavy atom. The molecule has 5 aromatic rings. The van der Waals surface area contributed by atoms with Crippen molar-refractivity contribution in [1.29, 1.82) is 5.26 Å². The first kappa shape index (κ1) is 41.0. The number of anilines is 3. The summed E-state index contributed by atoms with van der Waals surface area (Å²) in [7, 11) is 0. The first-order chi connectivity index (χ1) is 28.0. The molecule has 5 aromatic carbocycles. The number of carboxylic acids is 1. The molecule has 0 heterocycles. The maximum atomic E-state index is 11.8. The molecule has 0 atom stereocenters. The standard InChI is InChI=1S/C53H58N2O2/c1-3-5-7-9-11-19-35-53(36-20-12-10-8-6-4-2)50-38-42(29-33-48(50)49-34-30-43(39-51(49)53)37-44(40-54)52(56)57)26-25-41-27-31-47(32-28-41)55(45-21-15-13-16-22-45)46-23-17-14-18-24-46/h13-18,21-34,37-39H,3-12,19-20,35-36H2,1-2H3,(H,56,57)/b26-25+,44-37-. The van der Waals surface area contributed by atoms with Gasteiger partial charge in [0.15, 0.2) is 0 Å². The largest absolute Gasteiger partial charge is 0.477 e. The van der Waals surface area contributed by atoms with Gasteiger partial charge in [0.1, 0.15) is 11.6 Å². The molecule has 0 saturated carbocycles. The second kappa shape index (κ2) is 20.5. The van der Waals surface area contributed by atoms with E-state index in [0.717, 1.165) is 53.9 Å². The molecule has 0 aliphatic heterocycles. The van der Waals surface area contributed by atoms with E-state index in [1.807, 2.05) is 24.3 Å². The summed E-state index contributed by atoms with van der Waals surface area (Å²) in [6, 6.07) is 44.9. The first-order valence-electron chi connectivity index (χ1n) is 21.3. The van der Waals surface area contributed by atoms with Gasteiger partial charge >= 0.3 is 5.97 Å². The molecule has 292 valence electrons. The molecule has 1 N–H and O–H groups in total. The molecule has 57 heavy (non-hydrogen) atoms. The summed E-state index contributed by atoms with van der Waals surface area (Å²) in [5.74, 6) is -1.19. The Balaban J connectivity index is 1.34. The minimum absolute atomic E-state index is 0.177. The zero-order valence-corrected chi connectivity index (χ0v) is 33.9. The van der Waals surface area contributed by atoms with Crippen molar-refractivity contribution in [3.05, 3.63) is 155 Å². The maximum absolute atomic E-state index is 11.8. The lowest BCUT2D eigenvalue weighted by Gasteiger charge is -2.33. The third-order valence-electron chi connectivity index (χ3n) is 11.6. The summed E-state index contributed by atoms with van der Waals surface area (Å²) >= 11 is 0. The van der Waals surface area contributed by atoms with E-state index in [9.17, 15) is 15.2 Å². The second-order valence-corrected chi connectivity index (χ2v) is 15.6. The fraction of sp³-hybridized carbons (Fsp3) is 0.321. The van der Waals surface area contributed by atoms with Crippen LogP contribution in [0.4, 0.5) is 17.1 Å². The van der Waals surface area contributed by atoms with Crippen molar-refractivity contribution in [1.82, 2.24) is 0 Å². The van der Waals surface area contributed by atoms with Crippen LogP contribution in [0.3, 0.4) is 0 Å². The number of fused-ring (bicyclic) bond motifs is 3. The number of aliphatic carboxylic acids is 1. The predicted molar refractivity (Wildman–Crippen MR) is 240 cm³/mol. The van der Waals surface area contributed by atoms with Gasteiger partial charge in [-0.25, -0.2) is 4.79 Å². The van der Waals surface area contributed by atoms with Crippen LogP contribution in [0.15, 0.2) is 127 Å². The van der Waals surface area contributed by atoms with Crippen molar-refractivity contribution in [2.24, 2.45) is 0 Å². The molecule has 0 spiro atoms. The van der Waals surface area contributed by atoms with Crippen molar-refractivity contribution in [2.75, 3.05) is 4.90 Å². The Hall–Kier alpha value is -5.66. The van der Waals surface area contributed by atoms with Crippen LogP contribution in [0.25, 0.3) is 29.4 Å². The highest BCUT2D eigenvalue weighted by Crippen LogP contribution is 2.55. The molecule has 6 rings (SSSR count). The number of nitrogens with zero attached hydrogens (tertiary/aromatic N) is 2. The lowest BCUT2D eigenvalue weighted by Crippen LogP contribution is -2.25. The van der Waals surface area contributed by atoms with Crippen LogP contribution in [0.5, 0.6) is 0 Å². The van der Waals surface area contributed by atoms with Crippen LogP contribution in [0.2, 0.25) is 0 Å². The van der Waals surface area contributed by atoms with E-state index in [1.54, 1.807) is 0 Å². The molecule has 4 nitrogen and oxygen atoms in total. The van der Waals surface area contributed by atoms with E-state index >= 15 is 0 Å². The van der Waals surface area contributed by atoms with Crippen molar-refractivity contribution in [2.45, 2.75) is 109 Å². The number of hydrogen-bond donors (Lipinski definition) is 1. The Bertz CT molecular complexity index is 2100. The van der Waals surface area contributed by atoms with Gasteiger partial charge in [0.25, 0.3) is 0 Å². The third kappa shape index (κ3) is 10.2. The van der Waals surface area contributed by atoms with Gasteiger partial charge < -0.3 is 10.0 Å². The number of para-hydroxylation sites is 2. The van der Waals surface area contributed by atoms with Crippen molar-refractivity contribution < 1.29 is 9.90 Å². The summed E-state index contributed by atoms with van der Waals surface area (Å²) in [5.41, 5.74) is 11.2. The van der Waals surface area contributed by atoms with Crippen molar-refractivity contribution in [3.63, 3.8) is 0 Å². The van der Waals surface area contributed by atoms with Gasteiger partial charge in [-0.2, -0.15) is 5.26 Å². The highest BCUT2D eigenvalue weighted by atomic mass is 16.4. The van der Waals surface area contributed by atoms with Gasteiger partial charge in [-0.3, -0.25) is 0 Å². The summed E-state index contributed by atoms with van der Waals surface area (Å²) in [6.45, 7) is 4.53. The average molecular weight is 755 g/mol. The predicted octanol–water partition coefficient (Wildman–Crippen LogP) is 15.1. The number of unbranched alkanes of at least 4 members (excludes halogenated alkanes) is 10. The summed E-state index contributed by atoms with van der Waals surface area (Å²) in [6.07, 6.45) is 22.9. The topological polar surface area (TPSA) is 64.3 Å². The maximum Gasteiger partial charge on any atom is 0.346 e. The number of carboxylic acid groups (broad SMARTS) is 1. The van der Waals surface area contributed by atoms with Gasteiger partial charge in [-0.15, -0.1) is 0 Å². The Morgan fingerprint density at radius 1 is 0.579 bits per heavy atom. The number of nitriles is 1. The Kier molecular flexibility index (Phi) is 14.7. The third-order valence-corrected chi connectivity index (χ3v) is 11.6. The molecule has 0 unspecified atom stereocenters. The van der Waals surface area contributed by atoms with Crippen LogP contribution < -0.4 is 4.90 Å². The van der Waals surface area contributed by atoms with Crippen molar-refractivity contribution >= 4 is 41.3 Å². The molecule has 4 heteroatoms. The Morgan fingerprint density at radius 2 is 1.02 bits per heavy atom. The van der Waals surface area contributed by atoms with Gasteiger partial charge in [-0.1, -0.05) is 188 Å². The van der Waals surface area contributed by atoms with E-state index in [4.69, 9.17) is 0 Å². The summed E-state index contributed by atoms with van der Waals surface area (Å²) < 4.78 is 0. The molecular formula is C53H58N2O2. The van der Waals surface area contributed by atoms with E-state index < -0.39 is 5.97 Å². The molecule has 1 aliphatic rings. The van der Waals surface area contributed by atoms with E-state index in [0.29, 0.717) is 0 Å². The molecule has 1 aliphatic carbocycles. The Labute approximate surface area is 341 Å².